The fraction of sp³-hybridized carbons (Fsp3) is 0.0455. The molecule has 8 heteroatoms. The molecule has 0 spiro atoms. The summed E-state index contributed by atoms with van der Waals surface area (Å²) in [6.45, 7) is 1.93. The minimum atomic E-state index is -0.510. The van der Waals surface area contributed by atoms with E-state index in [1.165, 1.54) is 12.1 Å². The molecule has 150 valence electrons. The third-order valence-electron chi connectivity index (χ3n) is 4.43. The molecule has 0 aliphatic carbocycles. The van der Waals surface area contributed by atoms with Crippen molar-refractivity contribution in [2.45, 2.75) is 6.92 Å². The average Bonchev–Trinajstić information content (AvgIpc) is 3.17. The highest BCUT2D eigenvalue weighted by atomic mass is 35.5. The Morgan fingerprint density at radius 2 is 1.73 bits per heavy atom. The van der Waals surface area contributed by atoms with Crippen LogP contribution in [-0.4, -0.2) is 20.7 Å². The van der Waals surface area contributed by atoms with Crippen LogP contribution in [0.15, 0.2) is 66.7 Å². The molecule has 1 aromatic heterocycles. The van der Waals surface area contributed by atoms with Crippen LogP contribution in [0.5, 0.6) is 0 Å². The monoisotopic (exact) mass is 440 g/mol. The van der Waals surface area contributed by atoms with E-state index in [1.807, 2.05) is 31.2 Å². The normalized spacial score (nSPS) is 10.8. The van der Waals surface area contributed by atoms with Crippen LogP contribution in [0.2, 0.25) is 10.0 Å². The van der Waals surface area contributed by atoms with E-state index < -0.39 is 5.91 Å². The first kappa shape index (κ1) is 20.1. The van der Waals surface area contributed by atoms with Crippen LogP contribution in [0.3, 0.4) is 0 Å². The summed E-state index contributed by atoms with van der Waals surface area (Å²) in [6.07, 6.45) is 0. The first-order valence-electron chi connectivity index (χ1n) is 8.98. The predicted octanol–water partition coefficient (Wildman–Crippen LogP) is 5.94. The molecular weight excluding hydrogens is 426 g/mol. The lowest BCUT2D eigenvalue weighted by atomic mass is 10.1. The lowest BCUT2D eigenvalue weighted by molar-refractivity contribution is 0.101. The van der Waals surface area contributed by atoms with E-state index in [1.54, 1.807) is 35.0 Å². The lowest BCUT2D eigenvalue weighted by Gasteiger charge is -2.08. The van der Waals surface area contributed by atoms with Gasteiger partial charge in [0.25, 0.3) is 5.91 Å². The van der Waals surface area contributed by atoms with Crippen molar-refractivity contribution in [2.24, 2.45) is 0 Å². The number of nitrogens with one attached hydrogen (secondary N) is 1. The van der Waals surface area contributed by atoms with Crippen molar-refractivity contribution in [3.8, 4) is 17.1 Å². The van der Waals surface area contributed by atoms with Crippen molar-refractivity contribution in [2.75, 3.05) is 5.32 Å². The molecule has 1 amide bonds. The number of carbonyl (C=O) groups excluding carboxylic acids is 1. The number of halogens is 3. The Morgan fingerprint density at radius 1 is 1.00 bits per heavy atom. The van der Waals surface area contributed by atoms with Crippen molar-refractivity contribution < 1.29 is 9.18 Å². The van der Waals surface area contributed by atoms with Crippen molar-refractivity contribution in [3.63, 3.8) is 0 Å². The summed E-state index contributed by atoms with van der Waals surface area (Å²) >= 11 is 11.9. The molecule has 0 atom stereocenters. The first-order chi connectivity index (χ1) is 14.4. The molecule has 5 nitrogen and oxygen atoms in total. The number of aromatic nitrogens is 3. The summed E-state index contributed by atoms with van der Waals surface area (Å²) in [5, 5.41) is 7.83. The van der Waals surface area contributed by atoms with Crippen LogP contribution in [-0.2, 0) is 0 Å². The van der Waals surface area contributed by atoms with Gasteiger partial charge < -0.3 is 5.32 Å². The summed E-state index contributed by atoms with van der Waals surface area (Å²) in [7, 11) is 0. The maximum absolute atomic E-state index is 13.4. The van der Waals surface area contributed by atoms with Gasteiger partial charge in [0.15, 0.2) is 5.82 Å². The van der Waals surface area contributed by atoms with E-state index in [0.717, 1.165) is 11.3 Å². The van der Waals surface area contributed by atoms with Gasteiger partial charge in [-0.05, 0) is 61.0 Å². The van der Waals surface area contributed by atoms with Crippen LogP contribution >= 0.6 is 23.2 Å². The molecule has 0 aliphatic rings. The second-order valence-corrected chi connectivity index (χ2v) is 7.36. The zero-order valence-corrected chi connectivity index (χ0v) is 17.2. The van der Waals surface area contributed by atoms with Crippen LogP contribution in [0.25, 0.3) is 17.1 Å². The number of hydrogen-bond acceptors (Lipinski definition) is 3. The molecule has 0 saturated carbocycles. The second kappa shape index (κ2) is 8.26. The van der Waals surface area contributed by atoms with Crippen molar-refractivity contribution in [1.29, 1.82) is 0 Å². The lowest BCUT2D eigenvalue weighted by Crippen LogP contribution is -2.14. The molecule has 1 N–H and O–H groups in total. The number of anilines is 1. The molecule has 0 radical (unpaired) electrons. The number of nitrogens with zero attached hydrogens (tertiary/aromatic N) is 3. The standard InChI is InChI=1S/C22H15Cl2FN4O/c1-13-4-2-3-5-19(13)29-21(14-6-8-15(25)9-7-14)27-20(28-29)22(30)26-16-10-11-17(23)18(24)12-16/h2-12H,1H3,(H,26,30). The van der Waals surface area contributed by atoms with E-state index in [2.05, 4.69) is 15.4 Å². The van der Waals surface area contributed by atoms with Gasteiger partial charge in [-0.15, -0.1) is 5.10 Å². The Kier molecular flexibility index (Phi) is 5.53. The zero-order chi connectivity index (χ0) is 21.3. The third kappa shape index (κ3) is 4.06. The van der Waals surface area contributed by atoms with E-state index >= 15 is 0 Å². The zero-order valence-electron chi connectivity index (χ0n) is 15.7. The number of aryl methyl sites for hydroxylation is 1. The van der Waals surface area contributed by atoms with E-state index in [4.69, 9.17) is 23.2 Å². The van der Waals surface area contributed by atoms with E-state index in [-0.39, 0.29) is 11.6 Å². The summed E-state index contributed by atoms with van der Waals surface area (Å²) in [5.41, 5.74) is 2.80. The number of hydrogen-bond donors (Lipinski definition) is 1. The molecule has 4 aromatic rings. The highest BCUT2D eigenvalue weighted by Gasteiger charge is 2.20. The minimum Gasteiger partial charge on any atom is -0.319 e. The minimum absolute atomic E-state index is 0.0383. The Balaban J connectivity index is 1.76. The van der Waals surface area contributed by atoms with Gasteiger partial charge in [-0.1, -0.05) is 41.4 Å². The molecule has 0 saturated heterocycles. The van der Waals surface area contributed by atoms with Gasteiger partial charge in [0.05, 0.1) is 15.7 Å². The van der Waals surface area contributed by atoms with Crippen molar-refractivity contribution >= 4 is 34.8 Å². The first-order valence-corrected chi connectivity index (χ1v) is 9.73. The largest absolute Gasteiger partial charge is 0.319 e. The van der Waals surface area contributed by atoms with E-state index in [0.29, 0.717) is 27.1 Å². The smallest absolute Gasteiger partial charge is 0.295 e. The summed E-state index contributed by atoms with van der Waals surface area (Å²) in [6, 6.07) is 18.2. The summed E-state index contributed by atoms with van der Waals surface area (Å²) in [4.78, 5) is 17.2. The maximum atomic E-state index is 13.4. The predicted molar refractivity (Wildman–Crippen MR) is 116 cm³/mol. The molecule has 3 aromatic carbocycles. The average molecular weight is 441 g/mol. The molecule has 4 rings (SSSR count). The highest BCUT2D eigenvalue weighted by Crippen LogP contribution is 2.26. The van der Waals surface area contributed by atoms with Crippen LogP contribution in [0.1, 0.15) is 16.2 Å². The Hall–Kier alpha value is -3.22. The fourth-order valence-corrected chi connectivity index (χ4v) is 3.22. The van der Waals surface area contributed by atoms with Crippen molar-refractivity contribution in [1.82, 2.24) is 14.8 Å². The van der Waals surface area contributed by atoms with E-state index in [9.17, 15) is 9.18 Å². The second-order valence-electron chi connectivity index (χ2n) is 6.55. The maximum Gasteiger partial charge on any atom is 0.295 e. The fourth-order valence-electron chi connectivity index (χ4n) is 2.92. The summed E-state index contributed by atoms with van der Waals surface area (Å²) < 4.78 is 15.0. The molecule has 0 bridgehead atoms. The number of carbonyl (C=O) groups is 1. The molecule has 0 fully saturated rings. The van der Waals surface area contributed by atoms with Gasteiger partial charge >= 0.3 is 0 Å². The van der Waals surface area contributed by atoms with Gasteiger partial charge in [-0.2, -0.15) is 0 Å². The SMILES string of the molecule is Cc1ccccc1-n1nc(C(=O)Nc2ccc(Cl)c(Cl)c2)nc1-c1ccc(F)cc1. The molecule has 1 heterocycles. The van der Waals surface area contributed by atoms with Gasteiger partial charge in [0.1, 0.15) is 5.82 Å². The number of amides is 1. The van der Waals surface area contributed by atoms with Gasteiger partial charge in [0, 0.05) is 11.3 Å². The van der Waals surface area contributed by atoms with Crippen LogP contribution in [0.4, 0.5) is 10.1 Å². The molecular formula is C22H15Cl2FN4O. The third-order valence-corrected chi connectivity index (χ3v) is 5.17. The summed E-state index contributed by atoms with van der Waals surface area (Å²) in [5.74, 6) is -0.491. The van der Waals surface area contributed by atoms with Crippen molar-refractivity contribution in [3.05, 3.63) is 94.0 Å². The number of para-hydroxylation sites is 1. The number of benzene rings is 3. The topological polar surface area (TPSA) is 59.8 Å². The van der Waals surface area contributed by atoms with Crippen LogP contribution < -0.4 is 5.32 Å². The Bertz CT molecular complexity index is 1240. The Morgan fingerprint density at radius 3 is 2.43 bits per heavy atom. The molecule has 0 unspecified atom stereocenters. The Labute approximate surface area is 182 Å². The van der Waals surface area contributed by atoms with Gasteiger partial charge in [0.2, 0.25) is 5.82 Å². The van der Waals surface area contributed by atoms with Gasteiger partial charge in [-0.3, -0.25) is 4.79 Å². The molecule has 30 heavy (non-hydrogen) atoms. The van der Waals surface area contributed by atoms with Crippen LogP contribution in [0, 0.1) is 12.7 Å². The molecule has 0 aliphatic heterocycles. The number of rotatable bonds is 4. The highest BCUT2D eigenvalue weighted by molar-refractivity contribution is 6.42. The van der Waals surface area contributed by atoms with Gasteiger partial charge in [-0.25, -0.2) is 14.1 Å². The quantitative estimate of drug-likeness (QED) is 0.426.